The molecular formula is C29H31N9O2. The van der Waals surface area contributed by atoms with Crippen molar-refractivity contribution >= 4 is 34.3 Å². The van der Waals surface area contributed by atoms with Gasteiger partial charge in [0.2, 0.25) is 11.9 Å². The minimum absolute atomic E-state index is 0.0450. The molecule has 11 nitrogen and oxygen atoms in total. The number of aromatic nitrogens is 6. The average molecular weight is 538 g/mol. The Kier molecular flexibility index (Phi) is 6.87. The van der Waals surface area contributed by atoms with Gasteiger partial charge >= 0.3 is 0 Å². The molecule has 0 radical (unpaired) electrons. The van der Waals surface area contributed by atoms with Crippen LogP contribution < -0.4 is 15.4 Å². The maximum Gasteiger partial charge on any atom is 0.238 e. The van der Waals surface area contributed by atoms with Gasteiger partial charge in [-0.05, 0) is 44.0 Å². The van der Waals surface area contributed by atoms with Crippen molar-refractivity contribution in [1.82, 2.24) is 34.6 Å². The molecule has 0 spiro atoms. The van der Waals surface area contributed by atoms with Crippen LogP contribution >= 0.6 is 0 Å². The van der Waals surface area contributed by atoms with Crippen molar-refractivity contribution in [3.63, 3.8) is 0 Å². The van der Waals surface area contributed by atoms with Crippen LogP contribution in [0.4, 0.5) is 17.5 Å². The second-order valence-electron chi connectivity index (χ2n) is 10.1. The Bertz CT molecular complexity index is 1640. The van der Waals surface area contributed by atoms with Gasteiger partial charge in [-0.3, -0.25) is 19.4 Å². The van der Waals surface area contributed by atoms with E-state index in [4.69, 9.17) is 9.72 Å². The van der Waals surface area contributed by atoms with E-state index in [0.717, 1.165) is 57.8 Å². The number of ether oxygens (including phenoxy) is 1. The van der Waals surface area contributed by atoms with Crippen LogP contribution in [0.5, 0.6) is 5.75 Å². The summed E-state index contributed by atoms with van der Waals surface area (Å²) in [6.07, 6.45) is 8.06. The van der Waals surface area contributed by atoms with Crippen LogP contribution in [0.3, 0.4) is 0 Å². The molecule has 40 heavy (non-hydrogen) atoms. The van der Waals surface area contributed by atoms with E-state index in [1.165, 1.54) is 0 Å². The molecule has 3 N–H and O–H groups in total. The molecule has 1 amide bonds. The SMILES string of the molecule is Cc1cnc(Nc2cc(C)n(C)n2)nc1-c1c[nH]c2c(NC(=O)CN3CCC(Oc4cccnc4)C3)cccc12. The van der Waals surface area contributed by atoms with Gasteiger partial charge in [0.1, 0.15) is 11.9 Å². The molecule has 0 saturated carbocycles. The summed E-state index contributed by atoms with van der Waals surface area (Å²) in [7, 11) is 1.89. The van der Waals surface area contributed by atoms with E-state index in [1.54, 1.807) is 23.3 Å². The summed E-state index contributed by atoms with van der Waals surface area (Å²) in [5.41, 5.74) is 5.28. The molecule has 5 aromatic rings. The summed E-state index contributed by atoms with van der Waals surface area (Å²) in [6, 6.07) is 11.6. The van der Waals surface area contributed by atoms with Gasteiger partial charge in [-0.2, -0.15) is 5.10 Å². The van der Waals surface area contributed by atoms with Crippen LogP contribution in [-0.2, 0) is 11.8 Å². The lowest BCUT2D eigenvalue weighted by atomic mass is 10.1. The van der Waals surface area contributed by atoms with Crippen molar-refractivity contribution in [2.24, 2.45) is 7.05 Å². The smallest absolute Gasteiger partial charge is 0.238 e. The van der Waals surface area contributed by atoms with Gasteiger partial charge in [-0.15, -0.1) is 0 Å². The Balaban J connectivity index is 1.15. The largest absolute Gasteiger partial charge is 0.487 e. The van der Waals surface area contributed by atoms with E-state index in [2.05, 4.69) is 35.6 Å². The van der Waals surface area contributed by atoms with E-state index in [1.807, 2.05) is 63.5 Å². The summed E-state index contributed by atoms with van der Waals surface area (Å²) < 4.78 is 7.80. The Morgan fingerprint density at radius 3 is 2.90 bits per heavy atom. The molecule has 1 aliphatic heterocycles. The molecule has 1 atom stereocenters. The number of hydrogen-bond acceptors (Lipinski definition) is 8. The zero-order chi connectivity index (χ0) is 27.6. The molecule has 0 aliphatic carbocycles. The number of nitrogens with zero attached hydrogens (tertiary/aromatic N) is 6. The number of anilines is 3. The number of benzene rings is 1. The number of fused-ring (bicyclic) bond motifs is 1. The zero-order valence-electron chi connectivity index (χ0n) is 22.7. The van der Waals surface area contributed by atoms with Crippen LogP contribution in [0.1, 0.15) is 17.7 Å². The molecule has 5 heterocycles. The maximum atomic E-state index is 13.0. The van der Waals surface area contributed by atoms with Crippen molar-refractivity contribution in [3.05, 3.63) is 72.4 Å². The molecule has 1 fully saturated rings. The first-order chi connectivity index (χ1) is 19.4. The van der Waals surface area contributed by atoms with Gasteiger partial charge in [0, 0.05) is 61.4 Å². The quantitative estimate of drug-likeness (QED) is 0.269. The normalized spacial score (nSPS) is 15.4. The molecule has 11 heteroatoms. The van der Waals surface area contributed by atoms with Gasteiger partial charge in [0.15, 0.2) is 5.82 Å². The first-order valence-corrected chi connectivity index (χ1v) is 13.2. The van der Waals surface area contributed by atoms with Crippen molar-refractivity contribution in [1.29, 1.82) is 0 Å². The lowest BCUT2D eigenvalue weighted by Gasteiger charge is -2.16. The number of hydrogen-bond donors (Lipinski definition) is 3. The van der Waals surface area contributed by atoms with Gasteiger partial charge in [-0.25, -0.2) is 9.97 Å². The van der Waals surface area contributed by atoms with Gasteiger partial charge in [0.05, 0.1) is 29.6 Å². The Hall–Kier alpha value is -4.77. The number of nitrogens with one attached hydrogen (secondary N) is 3. The minimum Gasteiger partial charge on any atom is -0.487 e. The fourth-order valence-electron chi connectivity index (χ4n) is 5.00. The van der Waals surface area contributed by atoms with Gasteiger partial charge in [0.25, 0.3) is 0 Å². The number of H-pyrrole nitrogens is 1. The lowest BCUT2D eigenvalue weighted by Crippen LogP contribution is -2.33. The van der Waals surface area contributed by atoms with E-state index >= 15 is 0 Å². The first kappa shape index (κ1) is 25.5. The monoisotopic (exact) mass is 537 g/mol. The van der Waals surface area contributed by atoms with E-state index in [9.17, 15) is 4.79 Å². The summed E-state index contributed by atoms with van der Waals surface area (Å²) in [5.74, 6) is 1.84. The highest BCUT2D eigenvalue weighted by Gasteiger charge is 2.26. The molecule has 1 unspecified atom stereocenters. The topological polar surface area (TPSA) is 126 Å². The fourth-order valence-corrected chi connectivity index (χ4v) is 5.00. The molecule has 1 saturated heterocycles. The molecule has 204 valence electrons. The molecular weight excluding hydrogens is 506 g/mol. The highest BCUT2D eigenvalue weighted by Crippen LogP contribution is 2.33. The predicted molar refractivity (Wildman–Crippen MR) is 154 cm³/mol. The average Bonchev–Trinajstić information content (AvgIpc) is 3.65. The van der Waals surface area contributed by atoms with Crippen molar-refractivity contribution < 1.29 is 9.53 Å². The molecule has 0 bridgehead atoms. The van der Waals surface area contributed by atoms with E-state index < -0.39 is 0 Å². The number of carbonyl (C=O) groups excluding carboxylic acids is 1. The molecule has 4 aromatic heterocycles. The number of aromatic amines is 1. The molecule has 6 rings (SSSR count). The number of amides is 1. The summed E-state index contributed by atoms with van der Waals surface area (Å²) in [5, 5.41) is 11.7. The highest BCUT2D eigenvalue weighted by molar-refractivity contribution is 6.06. The second-order valence-corrected chi connectivity index (χ2v) is 10.1. The van der Waals surface area contributed by atoms with Crippen molar-refractivity contribution in [2.45, 2.75) is 26.4 Å². The number of likely N-dealkylation sites (tertiary alicyclic amines) is 1. The van der Waals surface area contributed by atoms with Crippen molar-refractivity contribution in [3.8, 4) is 17.0 Å². The van der Waals surface area contributed by atoms with Crippen LogP contribution in [0.15, 0.2) is 61.2 Å². The molecule has 1 aromatic carbocycles. The summed E-state index contributed by atoms with van der Waals surface area (Å²) in [6.45, 7) is 5.76. The number of para-hydroxylation sites is 1. The summed E-state index contributed by atoms with van der Waals surface area (Å²) in [4.78, 5) is 31.8. The summed E-state index contributed by atoms with van der Waals surface area (Å²) >= 11 is 0. The Morgan fingerprint density at radius 2 is 2.10 bits per heavy atom. The van der Waals surface area contributed by atoms with Crippen LogP contribution in [0.2, 0.25) is 0 Å². The minimum atomic E-state index is -0.0685. The highest BCUT2D eigenvalue weighted by atomic mass is 16.5. The van der Waals surface area contributed by atoms with Crippen LogP contribution in [0.25, 0.3) is 22.2 Å². The Morgan fingerprint density at radius 1 is 1.20 bits per heavy atom. The van der Waals surface area contributed by atoms with Gasteiger partial charge in [-0.1, -0.05) is 12.1 Å². The van der Waals surface area contributed by atoms with Crippen molar-refractivity contribution in [2.75, 3.05) is 30.3 Å². The zero-order valence-corrected chi connectivity index (χ0v) is 22.7. The van der Waals surface area contributed by atoms with Crippen LogP contribution in [0, 0.1) is 13.8 Å². The second kappa shape index (κ2) is 10.8. The Labute approximate surface area is 231 Å². The maximum absolute atomic E-state index is 13.0. The standard InChI is InChI=1S/C29H31N9O2/c1-18-13-32-29(34-25-12-19(2)37(3)36-25)35-27(18)23-15-31-28-22(23)7-4-8-24(28)33-26(39)17-38-11-9-21(16-38)40-20-6-5-10-30-14-20/h4-8,10,12-15,21,31H,9,11,16-17H2,1-3H3,(H,33,39)(H,32,34,35,36). The predicted octanol–water partition coefficient (Wildman–Crippen LogP) is 4.21. The van der Waals surface area contributed by atoms with E-state index in [-0.39, 0.29) is 12.0 Å². The number of pyridine rings is 1. The third-order valence-corrected chi connectivity index (χ3v) is 7.10. The van der Waals surface area contributed by atoms with Gasteiger partial charge < -0.3 is 20.4 Å². The fraction of sp³-hybridized carbons (Fsp3) is 0.276. The lowest BCUT2D eigenvalue weighted by molar-refractivity contribution is -0.117. The number of rotatable bonds is 8. The van der Waals surface area contributed by atoms with E-state index in [0.29, 0.717) is 24.9 Å². The third kappa shape index (κ3) is 5.36. The third-order valence-electron chi connectivity index (χ3n) is 7.10. The number of aryl methyl sites for hydroxylation is 3. The van der Waals surface area contributed by atoms with Crippen LogP contribution in [-0.4, -0.2) is 66.3 Å². The first-order valence-electron chi connectivity index (χ1n) is 13.2. The molecule has 1 aliphatic rings. The number of carbonyl (C=O) groups is 1.